The van der Waals surface area contributed by atoms with Gasteiger partial charge >= 0.3 is 5.97 Å². The van der Waals surface area contributed by atoms with Crippen molar-refractivity contribution < 1.29 is 9.53 Å². The lowest BCUT2D eigenvalue weighted by Gasteiger charge is -2.14. The summed E-state index contributed by atoms with van der Waals surface area (Å²) in [6.07, 6.45) is 6.73. The molecule has 0 amide bonds. The van der Waals surface area contributed by atoms with Gasteiger partial charge in [-0.25, -0.2) is 4.79 Å². The van der Waals surface area contributed by atoms with Crippen LogP contribution in [0.5, 0.6) is 0 Å². The van der Waals surface area contributed by atoms with E-state index < -0.39 is 5.97 Å². The topological polar surface area (TPSA) is 75.1 Å². The highest BCUT2D eigenvalue weighted by Crippen LogP contribution is 2.36. The van der Waals surface area contributed by atoms with E-state index in [0.29, 0.717) is 11.1 Å². The molecule has 1 aromatic carbocycles. The van der Waals surface area contributed by atoms with Crippen LogP contribution in [0.4, 0.5) is 0 Å². The maximum Gasteiger partial charge on any atom is 0.339 e. The Labute approximate surface area is 137 Å². The molecule has 0 atom stereocenters. The normalized spacial score (nSPS) is 10.5. The fourth-order valence-corrected chi connectivity index (χ4v) is 3.04. The number of nitrogens with zero attached hydrogens (tertiary/aromatic N) is 3. The van der Waals surface area contributed by atoms with Crippen LogP contribution in [0.1, 0.15) is 11.1 Å². The third-order valence-corrected chi connectivity index (χ3v) is 4.03. The zero-order chi connectivity index (χ0) is 16.7. The van der Waals surface area contributed by atoms with Crippen LogP contribution >= 0.6 is 11.3 Å². The monoisotopic (exact) mass is 323 g/mol. The average molecular weight is 323 g/mol. The minimum atomic E-state index is -0.512. The number of carbonyl (C=O) groups excluding carboxylic acids is 1. The molecular weight excluding hydrogens is 310 g/mol. The van der Waals surface area contributed by atoms with E-state index in [0.717, 1.165) is 16.0 Å². The first-order valence-corrected chi connectivity index (χ1v) is 7.52. The van der Waals surface area contributed by atoms with Gasteiger partial charge in [-0.05, 0) is 28.1 Å². The van der Waals surface area contributed by atoms with Crippen molar-refractivity contribution in [3.63, 3.8) is 0 Å². The molecule has 2 rings (SSSR count). The minimum absolute atomic E-state index is 0.183. The second-order valence-electron chi connectivity index (χ2n) is 4.42. The number of hydrogen-bond donors (Lipinski definition) is 0. The van der Waals surface area contributed by atoms with E-state index in [9.17, 15) is 4.79 Å². The number of terminal acetylenes is 1. The highest BCUT2D eigenvalue weighted by molar-refractivity contribution is 7.13. The summed E-state index contributed by atoms with van der Waals surface area (Å²) in [5, 5.41) is 5.57. The standard InChI is InChI=1S/C17H13N3O2S/c1-3-6-14(17(21)22-2)13-8-4-7-12(11-19-20-18)16(13)15-9-5-10-23-15/h1,4-10H,11H2,2H3/b14-6-. The van der Waals surface area contributed by atoms with Gasteiger partial charge in [-0.2, -0.15) is 0 Å². The van der Waals surface area contributed by atoms with Gasteiger partial charge in [-0.15, -0.1) is 17.8 Å². The van der Waals surface area contributed by atoms with E-state index in [1.165, 1.54) is 24.5 Å². The zero-order valence-corrected chi connectivity index (χ0v) is 13.2. The maximum absolute atomic E-state index is 12.1. The Hall–Kier alpha value is -3.00. The molecular formula is C17H13N3O2S. The molecule has 5 nitrogen and oxygen atoms in total. The maximum atomic E-state index is 12.1. The van der Waals surface area contributed by atoms with Crippen LogP contribution in [0.3, 0.4) is 0 Å². The smallest absolute Gasteiger partial charge is 0.339 e. The summed E-state index contributed by atoms with van der Waals surface area (Å²) < 4.78 is 4.83. The van der Waals surface area contributed by atoms with Crippen molar-refractivity contribution in [3.8, 4) is 22.8 Å². The van der Waals surface area contributed by atoms with E-state index in [1.54, 1.807) is 12.1 Å². The molecule has 1 aromatic heterocycles. The van der Waals surface area contributed by atoms with Crippen LogP contribution in [-0.2, 0) is 16.1 Å². The molecule has 1 heterocycles. The molecule has 0 spiro atoms. The molecule has 0 saturated heterocycles. The summed E-state index contributed by atoms with van der Waals surface area (Å²) in [6, 6.07) is 9.30. The molecule has 23 heavy (non-hydrogen) atoms. The average Bonchev–Trinajstić information content (AvgIpc) is 3.11. The number of hydrogen-bond acceptors (Lipinski definition) is 4. The number of rotatable bonds is 5. The largest absolute Gasteiger partial charge is 0.465 e. The Kier molecular flexibility index (Phi) is 5.59. The third-order valence-electron chi connectivity index (χ3n) is 3.15. The first-order chi connectivity index (χ1) is 11.2. The fraction of sp³-hybridized carbons (Fsp3) is 0.118. The number of esters is 1. The summed E-state index contributed by atoms with van der Waals surface area (Å²) >= 11 is 1.53. The molecule has 0 saturated carbocycles. The van der Waals surface area contributed by atoms with Gasteiger partial charge in [0, 0.05) is 21.4 Å². The van der Waals surface area contributed by atoms with Crippen molar-refractivity contribution >= 4 is 22.9 Å². The molecule has 0 aliphatic carbocycles. The van der Waals surface area contributed by atoms with Gasteiger partial charge in [0.15, 0.2) is 0 Å². The quantitative estimate of drug-likeness (QED) is 0.204. The van der Waals surface area contributed by atoms with Crippen LogP contribution in [0.2, 0.25) is 0 Å². The van der Waals surface area contributed by atoms with Gasteiger partial charge in [0.05, 0.1) is 19.2 Å². The molecule has 2 aromatic rings. The van der Waals surface area contributed by atoms with Gasteiger partial charge in [0.2, 0.25) is 0 Å². The second kappa shape index (κ2) is 7.85. The van der Waals surface area contributed by atoms with Crippen LogP contribution in [0, 0.1) is 12.3 Å². The van der Waals surface area contributed by atoms with Gasteiger partial charge < -0.3 is 4.74 Å². The van der Waals surface area contributed by atoms with Crippen molar-refractivity contribution in [2.45, 2.75) is 6.54 Å². The number of benzene rings is 1. The Bertz CT molecular complexity index is 826. The van der Waals surface area contributed by atoms with Crippen LogP contribution in [-0.4, -0.2) is 13.1 Å². The van der Waals surface area contributed by atoms with E-state index in [-0.39, 0.29) is 6.54 Å². The van der Waals surface area contributed by atoms with E-state index in [4.69, 9.17) is 16.7 Å². The molecule has 114 valence electrons. The van der Waals surface area contributed by atoms with Crippen molar-refractivity contribution in [2.24, 2.45) is 5.11 Å². The van der Waals surface area contributed by atoms with E-state index in [2.05, 4.69) is 15.9 Å². The van der Waals surface area contributed by atoms with Crippen molar-refractivity contribution in [2.75, 3.05) is 7.11 Å². The van der Waals surface area contributed by atoms with Crippen LogP contribution in [0.25, 0.3) is 26.5 Å². The summed E-state index contributed by atoms with van der Waals surface area (Å²) in [5.41, 5.74) is 11.2. The van der Waals surface area contributed by atoms with E-state index >= 15 is 0 Å². The van der Waals surface area contributed by atoms with Gasteiger partial charge in [0.25, 0.3) is 0 Å². The Balaban J connectivity index is 2.73. The first kappa shape index (κ1) is 16.4. The molecule has 0 N–H and O–H groups in total. The highest BCUT2D eigenvalue weighted by atomic mass is 32.1. The summed E-state index contributed by atoms with van der Waals surface area (Å²) in [5.74, 6) is 1.86. The summed E-state index contributed by atoms with van der Waals surface area (Å²) in [4.78, 5) is 15.8. The molecule has 0 unspecified atom stereocenters. The minimum Gasteiger partial charge on any atom is -0.465 e. The lowest BCUT2D eigenvalue weighted by Crippen LogP contribution is -2.06. The van der Waals surface area contributed by atoms with Gasteiger partial charge in [0.1, 0.15) is 0 Å². The van der Waals surface area contributed by atoms with Crippen molar-refractivity contribution in [3.05, 3.63) is 63.4 Å². The second-order valence-corrected chi connectivity index (χ2v) is 5.37. The number of carbonyl (C=O) groups is 1. The molecule has 0 aliphatic rings. The lowest BCUT2D eigenvalue weighted by molar-refractivity contribution is -0.133. The SMILES string of the molecule is C#C/C=C(\C(=O)OC)c1cccc(CN=[N+]=[N-])c1-c1cccs1. The Morgan fingerprint density at radius 2 is 2.30 bits per heavy atom. The number of methoxy groups -OCH3 is 1. The van der Waals surface area contributed by atoms with Gasteiger partial charge in [-0.3, -0.25) is 0 Å². The number of azide groups is 1. The molecule has 0 radical (unpaired) electrons. The molecule has 0 bridgehead atoms. The molecule has 0 aliphatic heterocycles. The third kappa shape index (κ3) is 3.61. The molecule has 0 fully saturated rings. The fourth-order valence-electron chi connectivity index (χ4n) is 2.22. The van der Waals surface area contributed by atoms with E-state index in [1.807, 2.05) is 23.6 Å². The van der Waals surface area contributed by atoms with Crippen molar-refractivity contribution in [1.82, 2.24) is 0 Å². The number of ether oxygens (including phenoxy) is 1. The Morgan fingerprint density at radius 3 is 2.91 bits per heavy atom. The summed E-state index contributed by atoms with van der Waals surface area (Å²) in [7, 11) is 1.31. The Morgan fingerprint density at radius 1 is 1.48 bits per heavy atom. The highest BCUT2D eigenvalue weighted by Gasteiger charge is 2.19. The number of allylic oxidation sites excluding steroid dienone is 1. The predicted octanol–water partition coefficient (Wildman–Crippen LogP) is 4.42. The summed E-state index contributed by atoms with van der Waals surface area (Å²) in [6.45, 7) is 0.183. The lowest BCUT2D eigenvalue weighted by atomic mass is 9.94. The predicted molar refractivity (Wildman–Crippen MR) is 91.4 cm³/mol. The zero-order valence-electron chi connectivity index (χ0n) is 12.4. The van der Waals surface area contributed by atoms with Gasteiger partial charge in [-0.1, -0.05) is 35.3 Å². The first-order valence-electron chi connectivity index (χ1n) is 6.64. The molecule has 6 heteroatoms. The van der Waals surface area contributed by atoms with Crippen LogP contribution in [0.15, 0.2) is 46.9 Å². The van der Waals surface area contributed by atoms with Crippen LogP contribution < -0.4 is 0 Å². The van der Waals surface area contributed by atoms with Crippen molar-refractivity contribution in [1.29, 1.82) is 0 Å². The number of thiophene rings is 1.